The third-order valence-corrected chi connectivity index (χ3v) is 3.80. The molecule has 0 heterocycles. The van der Waals surface area contributed by atoms with Crippen LogP contribution in [0, 0.1) is 0 Å². The van der Waals surface area contributed by atoms with Crippen LogP contribution in [0.25, 0.3) is 0 Å². The monoisotopic (exact) mass is 429 g/mol. The van der Waals surface area contributed by atoms with Gasteiger partial charge in [-0.2, -0.15) is 5.10 Å². The van der Waals surface area contributed by atoms with Gasteiger partial charge in [-0.25, -0.2) is 5.43 Å². The Balaban J connectivity index is 1.99. The van der Waals surface area contributed by atoms with Crippen molar-refractivity contribution in [2.24, 2.45) is 5.10 Å². The fourth-order valence-corrected chi connectivity index (χ4v) is 2.33. The smallest absolute Gasteiger partial charge is 0.329 e. The number of nitrogens with one attached hydrogen (secondary N) is 2. The van der Waals surface area contributed by atoms with Gasteiger partial charge >= 0.3 is 11.8 Å². The lowest BCUT2D eigenvalue weighted by Gasteiger charge is -2.06. The number of halogens is 3. The fraction of sp³-hybridized carbons (Fsp3) is 0. The van der Waals surface area contributed by atoms with Crippen LogP contribution in [-0.2, 0) is 9.59 Å². The van der Waals surface area contributed by atoms with Crippen molar-refractivity contribution in [1.29, 1.82) is 0 Å². The standard InChI is InChI=1S/C15H10BrCl2N3O3/c16-9-1-4-13(22)8(5-9)7-19-21-15(24)14(23)20-12-6-10(17)2-3-11(12)18/h1-7,22H,(H,20,23)(H,21,24)/b19-7+. The highest BCUT2D eigenvalue weighted by Gasteiger charge is 2.14. The van der Waals surface area contributed by atoms with Gasteiger partial charge in [0.15, 0.2) is 0 Å². The van der Waals surface area contributed by atoms with E-state index in [1.165, 1.54) is 24.4 Å². The summed E-state index contributed by atoms with van der Waals surface area (Å²) in [6.07, 6.45) is 1.21. The zero-order chi connectivity index (χ0) is 17.7. The molecule has 0 spiro atoms. The topological polar surface area (TPSA) is 90.8 Å². The average molecular weight is 431 g/mol. The highest BCUT2D eigenvalue weighted by Crippen LogP contribution is 2.25. The van der Waals surface area contributed by atoms with Gasteiger partial charge in [-0.3, -0.25) is 9.59 Å². The number of nitrogens with zero attached hydrogens (tertiary/aromatic N) is 1. The van der Waals surface area contributed by atoms with Crippen LogP contribution in [0.4, 0.5) is 5.69 Å². The number of carbonyl (C=O) groups is 2. The number of hydrogen-bond acceptors (Lipinski definition) is 4. The van der Waals surface area contributed by atoms with Gasteiger partial charge in [0.05, 0.1) is 16.9 Å². The van der Waals surface area contributed by atoms with Gasteiger partial charge in [-0.05, 0) is 36.4 Å². The molecule has 0 unspecified atom stereocenters. The number of phenols is 1. The van der Waals surface area contributed by atoms with Gasteiger partial charge in [0, 0.05) is 15.1 Å². The zero-order valence-corrected chi connectivity index (χ0v) is 15.0. The Labute approximate surface area is 155 Å². The first-order chi connectivity index (χ1) is 11.4. The van der Waals surface area contributed by atoms with Gasteiger partial charge in [0.25, 0.3) is 0 Å². The Hall–Kier alpha value is -2.09. The number of aromatic hydroxyl groups is 1. The number of anilines is 1. The van der Waals surface area contributed by atoms with Crippen LogP contribution in [-0.4, -0.2) is 23.1 Å². The summed E-state index contributed by atoms with van der Waals surface area (Å²) in [5.41, 5.74) is 2.62. The molecule has 2 aromatic rings. The summed E-state index contributed by atoms with van der Waals surface area (Å²) in [6, 6.07) is 9.16. The van der Waals surface area contributed by atoms with E-state index in [2.05, 4.69) is 26.3 Å². The minimum Gasteiger partial charge on any atom is -0.507 e. The normalized spacial score (nSPS) is 10.6. The zero-order valence-electron chi connectivity index (χ0n) is 11.9. The second kappa shape index (κ2) is 8.14. The van der Waals surface area contributed by atoms with Crippen LogP contribution in [0.3, 0.4) is 0 Å². The maximum atomic E-state index is 11.8. The van der Waals surface area contributed by atoms with Crippen molar-refractivity contribution in [3.8, 4) is 5.75 Å². The molecule has 0 aliphatic carbocycles. The predicted molar refractivity (Wildman–Crippen MR) is 96.6 cm³/mol. The van der Waals surface area contributed by atoms with Gasteiger partial charge in [-0.1, -0.05) is 39.1 Å². The number of phenolic OH excluding ortho intramolecular Hbond substituents is 1. The molecule has 2 amide bonds. The molecule has 0 saturated heterocycles. The summed E-state index contributed by atoms with van der Waals surface area (Å²) in [7, 11) is 0. The molecule has 0 radical (unpaired) electrons. The molecule has 0 aromatic heterocycles. The second-order valence-corrected chi connectivity index (χ2v) is 6.24. The molecule has 9 heteroatoms. The molecule has 2 aromatic carbocycles. The first kappa shape index (κ1) is 18.3. The second-order valence-electron chi connectivity index (χ2n) is 4.48. The van der Waals surface area contributed by atoms with E-state index in [1.54, 1.807) is 18.2 Å². The third kappa shape index (κ3) is 4.95. The van der Waals surface area contributed by atoms with Crippen LogP contribution >= 0.6 is 39.1 Å². The first-order valence-electron chi connectivity index (χ1n) is 6.45. The maximum absolute atomic E-state index is 11.8. The van der Waals surface area contributed by atoms with Crippen molar-refractivity contribution in [3.63, 3.8) is 0 Å². The molecule has 2 rings (SSSR count). The molecule has 0 bridgehead atoms. The minimum atomic E-state index is -1.00. The van der Waals surface area contributed by atoms with Gasteiger partial charge in [0.2, 0.25) is 0 Å². The molecule has 0 fully saturated rings. The van der Waals surface area contributed by atoms with Crippen molar-refractivity contribution >= 4 is 62.8 Å². The van der Waals surface area contributed by atoms with Crippen LogP contribution < -0.4 is 10.7 Å². The third-order valence-electron chi connectivity index (χ3n) is 2.74. The molecule has 6 nitrogen and oxygen atoms in total. The van der Waals surface area contributed by atoms with E-state index in [1.807, 2.05) is 5.43 Å². The molecule has 124 valence electrons. The summed E-state index contributed by atoms with van der Waals surface area (Å²) in [5.74, 6) is -1.99. The summed E-state index contributed by atoms with van der Waals surface area (Å²) in [5, 5.41) is 16.2. The van der Waals surface area contributed by atoms with E-state index in [9.17, 15) is 14.7 Å². The first-order valence-corrected chi connectivity index (χ1v) is 7.99. The molecule has 3 N–H and O–H groups in total. The lowest BCUT2D eigenvalue weighted by atomic mass is 10.2. The highest BCUT2D eigenvalue weighted by molar-refractivity contribution is 9.10. The van der Waals surface area contributed by atoms with E-state index in [4.69, 9.17) is 23.2 Å². The Morgan fingerprint density at radius 2 is 1.88 bits per heavy atom. The van der Waals surface area contributed by atoms with Crippen molar-refractivity contribution in [2.75, 3.05) is 5.32 Å². The van der Waals surface area contributed by atoms with Crippen molar-refractivity contribution in [1.82, 2.24) is 5.43 Å². The molecule has 0 atom stereocenters. The summed E-state index contributed by atoms with van der Waals surface area (Å²) < 4.78 is 0.724. The molecule has 0 aliphatic rings. The van der Waals surface area contributed by atoms with Gasteiger partial charge in [-0.15, -0.1) is 0 Å². The fourth-order valence-electron chi connectivity index (χ4n) is 1.61. The molecular weight excluding hydrogens is 421 g/mol. The quantitative estimate of drug-likeness (QED) is 0.395. The number of benzene rings is 2. The molecule has 0 saturated carbocycles. The van der Waals surface area contributed by atoms with Crippen LogP contribution in [0.15, 0.2) is 46.0 Å². The van der Waals surface area contributed by atoms with E-state index in [-0.39, 0.29) is 16.5 Å². The van der Waals surface area contributed by atoms with E-state index in [0.29, 0.717) is 10.6 Å². The lowest BCUT2D eigenvalue weighted by Crippen LogP contribution is -2.32. The predicted octanol–water partition coefficient (Wildman–Crippen LogP) is 3.55. The van der Waals surface area contributed by atoms with E-state index >= 15 is 0 Å². The lowest BCUT2D eigenvalue weighted by molar-refractivity contribution is -0.136. The maximum Gasteiger partial charge on any atom is 0.329 e. The van der Waals surface area contributed by atoms with Crippen molar-refractivity contribution in [3.05, 3.63) is 56.5 Å². The van der Waals surface area contributed by atoms with E-state index in [0.717, 1.165) is 4.47 Å². The number of hydrazone groups is 1. The van der Waals surface area contributed by atoms with Crippen molar-refractivity contribution in [2.45, 2.75) is 0 Å². The average Bonchev–Trinajstić information content (AvgIpc) is 2.54. The number of carbonyl (C=O) groups excluding carboxylic acids is 2. The highest BCUT2D eigenvalue weighted by atomic mass is 79.9. The minimum absolute atomic E-state index is 0.0219. The largest absolute Gasteiger partial charge is 0.507 e. The molecular formula is C15H10BrCl2N3O3. The summed E-state index contributed by atoms with van der Waals surface area (Å²) in [6.45, 7) is 0. The summed E-state index contributed by atoms with van der Waals surface area (Å²) >= 11 is 14.9. The van der Waals surface area contributed by atoms with Crippen molar-refractivity contribution < 1.29 is 14.7 Å². The summed E-state index contributed by atoms with van der Waals surface area (Å²) in [4.78, 5) is 23.5. The number of hydrogen-bond donors (Lipinski definition) is 3. The van der Waals surface area contributed by atoms with Crippen LogP contribution in [0.5, 0.6) is 5.75 Å². The molecule has 24 heavy (non-hydrogen) atoms. The van der Waals surface area contributed by atoms with Gasteiger partial charge in [0.1, 0.15) is 5.75 Å². The van der Waals surface area contributed by atoms with E-state index < -0.39 is 11.8 Å². The Bertz CT molecular complexity index is 828. The Morgan fingerprint density at radius 1 is 1.12 bits per heavy atom. The van der Waals surface area contributed by atoms with Crippen LogP contribution in [0.1, 0.15) is 5.56 Å². The number of rotatable bonds is 3. The molecule has 0 aliphatic heterocycles. The number of amides is 2. The Kier molecular flexibility index (Phi) is 6.19. The van der Waals surface area contributed by atoms with Crippen LogP contribution in [0.2, 0.25) is 10.0 Å². The Morgan fingerprint density at radius 3 is 2.62 bits per heavy atom. The SMILES string of the molecule is O=C(N/N=C/c1cc(Br)ccc1O)C(=O)Nc1cc(Cl)ccc1Cl. The van der Waals surface area contributed by atoms with Gasteiger partial charge < -0.3 is 10.4 Å².